The first-order chi connectivity index (χ1) is 6.05. The van der Waals surface area contributed by atoms with Crippen LogP contribution in [0.25, 0.3) is 0 Å². The van der Waals surface area contributed by atoms with Crippen LogP contribution in [0.1, 0.15) is 67.7 Å². The summed E-state index contributed by atoms with van der Waals surface area (Å²) in [4.78, 5) is 0. The maximum atomic E-state index is 2.48. The van der Waals surface area contributed by atoms with Crippen LogP contribution in [-0.2, 0) is 0 Å². The minimum atomic E-state index is 0.508. The van der Waals surface area contributed by atoms with Crippen LogP contribution >= 0.6 is 0 Å². The Morgan fingerprint density at radius 1 is 1.07 bits per heavy atom. The molecular weight excluding hydrogens is 168 g/mol. The highest BCUT2D eigenvalue weighted by Crippen LogP contribution is 2.63. The molecular formula is C14H28. The van der Waals surface area contributed by atoms with Crippen molar-refractivity contribution in [3.8, 4) is 0 Å². The Bertz CT molecular complexity index is 201. The van der Waals surface area contributed by atoms with Gasteiger partial charge in [0.1, 0.15) is 0 Å². The molecule has 0 heteroatoms. The second kappa shape index (κ2) is 3.25. The Morgan fingerprint density at radius 2 is 1.57 bits per heavy atom. The summed E-state index contributed by atoms with van der Waals surface area (Å²) in [5, 5.41) is 0. The normalized spacial score (nSPS) is 33.2. The zero-order valence-corrected chi connectivity index (χ0v) is 11.2. The molecule has 0 N–H and O–H groups in total. The van der Waals surface area contributed by atoms with Gasteiger partial charge in [0.05, 0.1) is 0 Å². The first-order valence-corrected chi connectivity index (χ1v) is 6.05. The van der Waals surface area contributed by atoms with Crippen molar-refractivity contribution in [1.29, 1.82) is 0 Å². The molecule has 0 bridgehead atoms. The molecule has 0 aromatic carbocycles. The summed E-state index contributed by atoms with van der Waals surface area (Å²) in [5.41, 5.74) is 1.69. The Morgan fingerprint density at radius 3 is 1.86 bits per heavy atom. The lowest BCUT2D eigenvalue weighted by molar-refractivity contribution is 0.250. The van der Waals surface area contributed by atoms with E-state index in [0.29, 0.717) is 16.2 Å². The van der Waals surface area contributed by atoms with E-state index in [4.69, 9.17) is 0 Å². The van der Waals surface area contributed by atoms with Crippen LogP contribution in [0.2, 0.25) is 0 Å². The largest absolute Gasteiger partial charge is 0.0602 e. The molecule has 2 unspecified atom stereocenters. The van der Waals surface area contributed by atoms with Gasteiger partial charge in [0.2, 0.25) is 0 Å². The topological polar surface area (TPSA) is 0 Å². The van der Waals surface area contributed by atoms with Gasteiger partial charge in [-0.15, -0.1) is 0 Å². The summed E-state index contributed by atoms with van der Waals surface area (Å²) >= 11 is 0. The molecule has 0 heterocycles. The highest BCUT2D eigenvalue weighted by atomic mass is 14.6. The van der Waals surface area contributed by atoms with E-state index >= 15 is 0 Å². The second-order valence-electron chi connectivity index (χ2n) is 7.84. The van der Waals surface area contributed by atoms with Crippen molar-refractivity contribution in [2.75, 3.05) is 0 Å². The van der Waals surface area contributed by atoms with Crippen LogP contribution in [-0.4, -0.2) is 0 Å². The van der Waals surface area contributed by atoms with E-state index in [1.165, 1.54) is 19.3 Å². The van der Waals surface area contributed by atoms with Gasteiger partial charge in [-0.1, -0.05) is 48.5 Å². The smallest absolute Gasteiger partial charge is 0.0289 e. The summed E-state index contributed by atoms with van der Waals surface area (Å²) in [6.07, 6.45) is 4.24. The van der Waals surface area contributed by atoms with Crippen molar-refractivity contribution in [2.45, 2.75) is 67.7 Å². The molecule has 0 saturated heterocycles. The Hall–Kier alpha value is 0. The SMILES string of the molecule is CC(C)(C)CCC1(C)CC1C(C)(C)C. The molecule has 1 aliphatic carbocycles. The van der Waals surface area contributed by atoms with Gasteiger partial charge in [-0.2, -0.15) is 0 Å². The van der Waals surface area contributed by atoms with E-state index in [9.17, 15) is 0 Å². The van der Waals surface area contributed by atoms with Gasteiger partial charge in [0.25, 0.3) is 0 Å². The number of hydrogen-bond donors (Lipinski definition) is 0. The predicted octanol–water partition coefficient (Wildman–Crippen LogP) is 4.89. The molecule has 2 atom stereocenters. The summed E-state index contributed by atoms with van der Waals surface area (Å²) in [6.45, 7) is 16.7. The van der Waals surface area contributed by atoms with Crippen molar-refractivity contribution in [3.05, 3.63) is 0 Å². The van der Waals surface area contributed by atoms with Crippen LogP contribution in [0.4, 0.5) is 0 Å². The van der Waals surface area contributed by atoms with Crippen LogP contribution in [0, 0.1) is 22.2 Å². The molecule has 0 amide bonds. The van der Waals surface area contributed by atoms with E-state index in [-0.39, 0.29) is 0 Å². The molecule has 0 radical (unpaired) electrons. The quantitative estimate of drug-likeness (QED) is 0.590. The first kappa shape index (κ1) is 12.1. The molecule has 0 aliphatic heterocycles. The number of hydrogen-bond acceptors (Lipinski definition) is 0. The Kier molecular flexibility index (Phi) is 2.80. The fourth-order valence-corrected chi connectivity index (χ4v) is 2.70. The molecule has 1 aliphatic rings. The summed E-state index contributed by atoms with van der Waals surface area (Å²) in [6, 6.07) is 0. The summed E-state index contributed by atoms with van der Waals surface area (Å²) in [5.74, 6) is 0.956. The van der Waals surface area contributed by atoms with Gasteiger partial charge < -0.3 is 0 Å². The third-order valence-electron chi connectivity index (χ3n) is 3.84. The average molecular weight is 196 g/mol. The molecule has 1 fully saturated rings. The van der Waals surface area contributed by atoms with E-state index in [1.807, 2.05) is 0 Å². The predicted molar refractivity (Wildman–Crippen MR) is 64.4 cm³/mol. The molecule has 14 heavy (non-hydrogen) atoms. The van der Waals surface area contributed by atoms with E-state index in [1.54, 1.807) is 0 Å². The van der Waals surface area contributed by atoms with Gasteiger partial charge in [0.15, 0.2) is 0 Å². The van der Waals surface area contributed by atoms with Gasteiger partial charge in [-0.25, -0.2) is 0 Å². The second-order valence-corrected chi connectivity index (χ2v) is 7.84. The van der Waals surface area contributed by atoms with Crippen LogP contribution in [0.15, 0.2) is 0 Å². The zero-order valence-electron chi connectivity index (χ0n) is 11.2. The van der Waals surface area contributed by atoms with E-state index in [0.717, 1.165) is 5.92 Å². The molecule has 0 nitrogen and oxygen atoms in total. The minimum absolute atomic E-state index is 0.508. The van der Waals surface area contributed by atoms with Crippen molar-refractivity contribution >= 4 is 0 Å². The van der Waals surface area contributed by atoms with Crippen molar-refractivity contribution < 1.29 is 0 Å². The molecule has 84 valence electrons. The number of rotatable bonds is 2. The standard InChI is InChI=1S/C14H28/c1-12(2,3)8-9-14(7)10-11(14)13(4,5)6/h11H,8-10H2,1-7H3. The van der Waals surface area contributed by atoms with E-state index < -0.39 is 0 Å². The lowest BCUT2D eigenvalue weighted by Gasteiger charge is -2.25. The van der Waals surface area contributed by atoms with Crippen molar-refractivity contribution in [2.24, 2.45) is 22.2 Å². The average Bonchev–Trinajstić information content (AvgIpc) is 2.57. The summed E-state index contributed by atoms with van der Waals surface area (Å²) < 4.78 is 0. The molecule has 0 aromatic rings. The molecule has 1 rings (SSSR count). The van der Waals surface area contributed by atoms with Crippen molar-refractivity contribution in [1.82, 2.24) is 0 Å². The lowest BCUT2D eigenvalue weighted by Crippen LogP contribution is -2.16. The fourth-order valence-electron chi connectivity index (χ4n) is 2.70. The fraction of sp³-hybridized carbons (Fsp3) is 1.00. The van der Waals surface area contributed by atoms with E-state index in [2.05, 4.69) is 48.5 Å². The lowest BCUT2D eigenvalue weighted by atomic mass is 9.80. The van der Waals surface area contributed by atoms with Crippen LogP contribution < -0.4 is 0 Å². The van der Waals surface area contributed by atoms with Crippen LogP contribution in [0.3, 0.4) is 0 Å². The third kappa shape index (κ3) is 3.00. The first-order valence-electron chi connectivity index (χ1n) is 6.05. The van der Waals surface area contributed by atoms with Crippen molar-refractivity contribution in [3.63, 3.8) is 0 Å². The highest BCUT2D eigenvalue weighted by Gasteiger charge is 2.54. The van der Waals surface area contributed by atoms with Gasteiger partial charge >= 0.3 is 0 Å². The van der Waals surface area contributed by atoms with Crippen LogP contribution in [0.5, 0.6) is 0 Å². The molecule has 0 spiro atoms. The van der Waals surface area contributed by atoms with Gasteiger partial charge in [0, 0.05) is 0 Å². The Labute approximate surface area is 90.5 Å². The maximum absolute atomic E-state index is 2.48. The van der Waals surface area contributed by atoms with Gasteiger partial charge in [-0.3, -0.25) is 0 Å². The highest BCUT2D eigenvalue weighted by molar-refractivity contribution is 5.04. The Balaban J connectivity index is 2.42. The van der Waals surface area contributed by atoms with Gasteiger partial charge in [-0.05, 0) is 41.4 Å². The summed E-state index contributed by atoms with van der Waals surface area (Å²) in [7, 11) is 0. The monoisotopic (exact) mass is 196 g/mol. The maximum Gasteiger partial charge on any atom is -0.0289 e. The third-order valence-corrected chi connectivity index (χ3v) is 3.84. The minimum Gasteiger partial charge on any atom is -0.0602 e. The molecule has 1 saturated carbocycles. The molecule has 0 aromatic heterocycles. The zero-order chi connectivity index (χ0) is 11.2.